The van der Waals surface area contributed by atoms with E-state index >= 15 is 0 Å². The van der Waals surface area contributed by atoms with Crippen LogP contribution in [-0.2, 0) is 42.9 Å². The van der Waals surface area contributed by atoms with Gasteiger partial charge in [0.15, 0.2) is 0 Å². The van der Waals surface area contributed by atoms with Gasteiger partial charge in [0.25, 0.3) is 0 Å². The zero-order chi connectivity index (χ0) is 31.1. The van der Waals surface area contributed by atoms with Gasteiger partial charge in [-0.3, -0.25) is 24.0 Å². The summed E-state index contributed by atoms with van der Waals surface area (Å²) in [5.41, 5.74) is 4.33. The summed E-state index contributed by atoms with van der Waals surface area (Å²) in [6.07, 6.45) is 0.573. The fourth-order valence-electron chi connectivity index (χ4n) is 2.94. The first-order valence-electron chi connectivity index (χ1n) is 13.3. The quantitative estimate of drug-likeness (QED) is 0.0766. The van der Waals surface area contributed by atoms with Gasteiger partial charge in [0.1, 0.15) is 18.2 Å². The van der Waals surface area contributed by atoms with E-state index in [2.05, 4.69) is 26.6 Å². The molecule has 0 bridgehead atoms. The van der Waals surface area contributed by atoms with E-state index in [4.69, 9.17) is 24.7 Å². The third-order valence-electron chi connectivity index (χ3n) is 4.85. The second kappa shape index (κ2) is 22.2. The van der Waals surface area contributed by atoms with Gasteiger partial charge < -0.3 is 51.3 Å². The van der Waals surface area contributed by atoms with E-state index in [1.54, 1.807) is 27.9 Å². The zero-order valence-electron chi connectivity index (χ0n) is 24.4. The van der Waals surface area contributed by atoms with E-state index in [-0.39, 0.29) is 25.4 Å². The van der Waals surface area contributed by atoms with Gasteiger partial charge >= 0.3 is 6.09 Å². The molecule has 6 amide bonds. The molecule has 0 aromatic rings. The van der Waals surface area contributed by atoms with Crippen LogP contribution in [0.5, 0.6) is 0 Å². The number of rotatable bonds is 22. The average molecular weight is 591 g/mol. The molecule has 0 unspecified atom stereocenters. The summed E-state index contributed by atoms with van der Waals surface area (Å²) in [6.45, 7) is 6.10. The maximum Gasteiger partial charge on any atom is 0.408 e. The van der Waals surface area contributed by atoms with E-state index in [9.17, 15) is 28.8 Å². The van der Waals surface area contributed by atoms with Gasteiger partial charge in [0, 0.05) is 20.1 Å². The van der Waals surface area contributed by atoms with Gasteiger partial charge in [-0.15, -0.1) is 0 Å². The van der Waals surface area contributed by atoms with Crippen molar-refractivity contribution in [1.82, 2.24) is 26.6 Å². The number of unbranched alkanes of at least 4 members (excludes halogenated alkanes) is 1. The highest BCUT2D eigenvalue weighted by Gasteiger charge is 2.21. The van der Waals surface area contributed by atoms with Crippen LogP contribution in [0.4, 0.5) is 4.79 Å². The summed E-state index contributed by atoms with van der Waals surface area (Å²) in [4.78, 5) is 71.2. The summed E-state index contributed by atoms with van der Waals surface area (Å²) in [7, 11) is 1.58. The molecule has 0 spiro atoms. The molecule has 7 N–H and O–H groups in total. The molecule has 0 aliphatic carbocycles. The summed E-state index contributed by atoms with van der Waals surface area (Å²) in [5, 5.41) is 12.2. The topological polar surface area (TPSA) is 226 Å². The van der Waals surface area contributed by atoms with Crippen LogP contribution >= 0.6 is 0 Å². The van der Waals surface area contributed by atoms with E-state index in [1.807, 2.05) is 0 Å². The predicted octanol–water partition coefficient (Wildman–Crippen LogP) is -1.93. The average Bonchev–Trinajstić information content (AvgIpc) is 2.89. The Hall–Kier alpha value is -3.50. The maximum atomic E-state index is 12.4. The fraction of sp³-hybridized carbons (Fsp3) is 0.760. The maximum absolute atomic E-state index is 12.4. The number of amides is 6. The van der Waals surface area contributed by atoms with Crippen molar-refractivity contribution in [2.75, 3.05) is 66.3 Å². The Labute approximate surface area is 240 Å². The van der Waals surface area contributed by atoms with Crippen molar-refractivity contribution in [3.8, 4) is 0 Å². The van der Waals surface area contributed by atoms with Crippen molar-refractivity contribution in [1.29, 1.82) is 0 Å². The molecule has 16 nitrogen and oxygen atoms in total. The van der Waals surface area contributed by atoms with Crippen molar-refractivity contribution in [3.05, 3.63) is 0 Å². The summed E-state index contributed by atoms with van der Waals surface area (Å²) in [6, 6.07) is -1.01. The monoisotopic (exact) mass is 590 g/mol. The molecule has 0 saturated heterocycles. The highest BCUT2D eigenvalue weighted by Crippen LogP contribution is 2.06. The number of carbonyl (C=O) groups excluding carboxylic acids is 6. The number of alkyl carbamates (subject to hydrolysis) is 1. The van der Waals surface area contributed by atoms with Gasteiger partial charge in [-0.1, -0.05) is 0 Å². The molecule has 0 aromatic heterocycles. The van der Waals surface area contributed by atoms with Crippen molar-refractivity contribution < 1.29 is 47.7 Å². The highest BCUT2D eigenvalue weighted by molar-refractivity contribution is 5.92. The molecule has 236 valence electrons. The van der Waals surface area contributed by atoms with E-state index in [1.165, 1.54) is 0 Å². The molecule has 1 atom stereocenters. The van der Waals surface area contributed by atoms with Gasteiger partial charge in [0.2, 0.25) is 29.5 Å². The first kappa shape index (κ1) is 37.5. The minimum absolute atomic E-state index is 0.186. The van der Waals surface area contributed by atoms with Gasteiger partial charge in [-0.25, -0.2) is 4.79 Å². The standard InChI is InChI=1S/C25H46N6O10/c1-25(2,3)41-24(37)30-16-21(34)28-17-22(35)31-18(23(36)29-15-19(26)32)7-5-6-9-27-20(33)8-10-39-13-14-40-12-11-38-4/h18H,5-17H2,1-4H3,(H2,26,32)(H,27,33)(H,28,34)(H,29,36)(H,30,37)(H,31,35)/t18-/m0/s1. The molecule has 16 heteroatoms. The Kier molecular flexibility index (Phi) is 20.3. The Morgan fingerprint density at radius 2 is 1.37 bits per heavy atom. The Morgan fingerprint density at radius 1 is 0.732 bits per heavy atom. The second-order valence-electron chi connectivity index (χ2n) is 9.75. The van der Waals surface area contributed by atoms with Crippen molar-refractivity contribution in [2.24, 2.45) is 5.73 Å². The van der Waals surface area contributed by atoms with Crippen LogP contribution in [0.1, 0.15) is 46.5 Å². The SMILES string of the molecule is COCCOCCOCCC(=O)NCCCC[C@H](NC(=O)CNC(=O)CNC(=O)OC(C)(C)C)C(=O)NCC(N)=O. The Bertz CT molecular complexity index is 834. The number of primary amides is 1. The van der Waals surface area contributed by atoms with Crippen molar-refractivity contribution in [3.63, 3.8) is 0 Å². The minimum atomic E-state index is -1.01. The first-order chi connectivity index (χ1) is 19.3. The summed E-state index contributed by atoms with van der Waals surface area (Å²) >= 11 is 0. The highest BCUT2D eigenvalue weighted by atomic mass is 16.6. The number of nitrogens with two attached hydrogens (primary N) is 1. The molecular weight excluding hydrogens is 544 g/mol. The van der Waals surface area contributed by atoms with Crippen LogP contribution in [0.3, 0.4) is 0 Å². The van der Waals surface area contributed by atoms with Crippen LogP contribution in [0.2, 0.25) is 0 Å². The van der Waals surface area contributed by atoms with Gasteiger partial charge in [-0.2, -0.15) is 0 Å². The van der Waals surface area contributed by atoms with Gasteiger partial charge in [0.05, 0.1) is 46.1 Å². The predicted molar refractivity (Wildman–Crippen MR) is 146 cm³/mol. The molecule has 0 saturated carbocycles. The first-order valence-corrected chi connectivity index (χ1v) is 13.3. The number of nitrogens with one attached hydrogen (secondary N) is 5. The molecule has 0 rings (SSSR count). The van der Waals surface area contributed by atoms with Crippen LogP contribution in [0, 0.1) is 0 Å². The molecule has 0 aliphatic heterocycles. The lowest BCUT2D eigenvalue weighted by atomic mass is 10.1. The molecule has 0 radical (unpaired) electrons. The van der Waals surface area contributed by atoms with Crippen LogP contribution in [-0.4, -0.2) is 114 Å². The number of hydrogen-bond acceptors (Lipinski definition) is 10. The van der Waals surface area contributed by atoms with Crippen molar-refractivity contribution >= 4 is 35.6 Å². The lowest BCUT2D eigenvalue weighted by Crippen LogP contribution is -2.51. The zero-order valence-corrected chi connectivity index (χ0v) is 24.4. The molecule has 0 fully saturated rings. The third kappa shape index (κ3) is 24.1. The normalized spacial score (nSPS) is 11.6. The Morgan fingerprint density at radius 3 is 2.00 bits per heavy atom. The van der Waals surface area contributed by atoms with Gasteiger partial charge in [-0.05, 0) is 40.0 Å². The molecule has 0 aliphatic rings. The van der Waals surface area contributed by atoms with E-state index in [0.29, 0.717) is 45.8 Å². The summed E-state index contributed by atoms with van der Waals surface area (Å²) in [5.74, 6) is -2.86. The lowest BCUT2D eigenvalue weighted by molar-refractivity contribution is -0.130. The fourth-order valence-corrected chi connectivity index (χ4v) is 2.94. The van der Waals surface area contributed by atoms with Crippen LogP contribution in [0.25, 0.3) is 0 Å². The van der Waals surface area contributed by atoms with E-state index < -0.39 is 61.0 Å². The van der Waals surface area contributed by atoms with Crippen LogP contribution in [0.15, 0.2) is 0 Å². The Balaban J connectivity index is 4.38. The number of methoxy groups -OCH3 is 1. The molecule has 0 heterocycles. The minimum Gasteiger partial charge on any atom is -0.444 e. The summed E-state index contributed by atoms with van der Waals surface area (Å²) < 4.78 is 20.5. The van der Waals surface area contributed by atoms with Crippen molar-refractivity contribution in [2.45, 2.75) is 58.1 Å². The largest absolute Gasteiger partial charge is 0.444 e. The lowest BCUT2D eigenvalue weighted by Gasteiger charge is -2.20. The third-order valence-corrected chi connectivity index (χ3v) is 4.85. The number of carbonyl (C=O) groups is 6. The number of ether oxygens (including phenoxy) is 4. The molecular formula is C25H46N6O10. The second-order valence-corrected chi connectivity index (χ2v) is 9.75. The number of hydrogen-bond donors (Lipinski definition) is 6. The molecule has 41 heavy (non-hydrogen) atoms. The smallest absolute Gasteiger partial charge is 0.408 e. The van der Waals surface area contributed by atoms with Crippen LogP contribution < -0.4 is 32.3 Å². The van der Waals surface area contributed by atoms with E-state index in [0.717, 1.165) is 0 Å². The molecule has 0 aromatic carbocycles.